The molecule has 0 aromatic heterocycles. The zero-order valence-corrected chi connectivity index (χ0v) is 12.3. The summed E-state index contributed by atoms with van der Waals surface area (Å²) in [5, 5.41) is 11.8. The zero-order chi connectivity index (χ0) is 15.6. The molecule has 1 aliphatic rings. The first kappa shape index (κ1) is 13.4. The molecule has 0 atom stereocenters. The summed E-state index contributed by atoms with van der Waals surface area (Å²) < 4.78 is 10.7. The molecule has 1 heterocycles. The fourth-order valence-corrected chi connectivity index (χ4v) is 2.71. The lowest BCUT2D eigenvalue weighted by Gasteiger charge is -2.04. The standard InChI is InChI=1S/C20H13NO2/c21-12-18(9-14-5-8-19-20(10-14)23-13-22-19)17-7-6-15-3-1-2-4-16(15)11-17/h1-11H,13H2/b18-9-. The molecular weight excluding hydrogens is 286 g/mol. The number of allylic oxidation sites excluding steroid dienone is 1. The van der Waals surface area contributed by atoms with E-state index < -0.39 is 0 Å². The SMILES string of the molecule is N#C/C(=C/c1ccc2c(c1)OCO2)c1ccc2ccccc2c1. The Hall–Kier alpha value is -3.25. The molecule has 0 saturated heterocycles. The van der Waals surface area contributed by atoms with Crippen molar-refractivity contribution in [2.45, 2.75) is 0 Å². The third kappa shape index (κ3) is 2.51. The Morgan fingerprint density at radius 1 is 0.913 bits per heavy atom. The van der Waals surface area contributed by atoms with Crippen LogP contribution in [-0.2, 0) is 0 Å². The molecule has 0 unspecified atom stereocenters. The monoisotopic (exact) mass is 299 g/mol. The van der Waals surface area contributed by atoms with Crippen LogP contribution in [0.3, 0.4) is 0 Å². The predicted molar refractivity (Wildman–Crippen MR) is 90.0 cm³/mol. The molecule has 4 rings (SSSR count). The average Bonchev–Trinajstić information content (AvgIpc) is 3.07. The lowest BCUT2D eigenvalue weighted by atomic mass is 10.00. The molecule has 23 heavy (non-hydrogen) atoms. The molecule has 3 heteroatoms. The van der Waals surface area contributed by atoms with E-state index in [0.29, 0.717) is 5.57 Å². The molecule has 0 radical (unpaired) electrons. The summed E-state index contributed by atoms with van der Waals surface area (Å²) in [6.07, 6.45) is 1.87. The molecule has 0 aliphatic carbocycles. The van der Waals surface area contributed by atoms with Crippen molar-refractivity contribution < 1.29 is 9.47 Å². The number of benzene rings is 3. The van der Waals surface area contributed by atoms with Crippen LogP contribution in [0, 0.1) is 11.3 Å². The summed E-state index contributed by atoms with van der Waals surface area (Å²) in [5.41, 5.74) is 2.44. The Bertz CT molecular complexity index is 967. The molecule has 3 aromatic rings. The van der Waals surface area contributed by atoms with Crippen LogP contribution >= 0.6 is 0 Å². The first-order chi connectivity index (χ1) is 11.3. The summed E-state index contributed by atoms with van der Waals surface area (Å²) in [6, 6.07) is 22.1. The maximum absolute atomic E-state index is 9.53. The largest absolute Gasteiger partial charge is 0.454 e. The van der Waals surface area contributed by atoms with Gasteiger partial charge in [0.25, 0.3) is 0 Å². The van der Waals surface area contributed by atoms with Crippen molar-refractivity contribution in [1.29, 1.82) is 5.26 Å². The van der Waals surface area contributed by atoms with Gasteiger partial charge < -0.3 is 9.47 Å². The lowest BCUT2D eigenvalue weighted by molar-refractivity contribution is 0.174. The second kappa shape index (κ2) is 5.51. The van der Waals surface area contributed by atoms with Crippen molar-refractivity contribution in [3.05, 3.63) is 71.8 Å². The van der Waals surface area contributed by atoms with E-state index >= 15 is 0 Å². The number of nitrogens with zero attached hydrogens (tertiary/aromatic N) is 1. The van der Waals surface area contributed by atoms with Gasteiger partial charge in [0, 0.05) is 0 Å². The second-order valence-corrected chi connectivity index (χ2v) is 5.34. The maximum atomic E-state index is 9.53. The Balaban J connectivity index is 1.76. The van der Waals surface area contributed by atoms with E-state index in [2.05, 4.69) is 18.2 Å². The van der Waals surface area contributed by atoms with Gasteiger partial charge in [0.15, 0.2) is 11.5 Å². The Labute approximate surface area is 134 Å². The van der Waals surface area contributed by atoms with Crippen molar-refractivity contribution >= 4 is 22.4 Å². The van der Waals surface area contributed by atoms with E-state index in [1.807, 2.05) is 54.6 Å². The molecular formula is C20H13NO2. The third-order valence-electron chi connectivity index (χ3n) is 3.89. The van der Waals surface area contributed by atoms with Crippen LogP contribution in [0.5, 0.6) is 11.5 Å². The molecule has 0 spiro atoms. The van der Waals surface area contributed by atoms with Crippen molar-refractivity contribution in [3.8, 4) is 17.6 Å². The normalized spacial score (nSPS) is 13.1. The van der Waals surface area contributed by atoms with Gasteiger partial charge in [-0.1, -0.05) is 42.5 Å². The van der Waals surface area contributed by atoms with Crippen LogP contribution in [0.1, 0.15) is 11.1 Å². The number of nitriles is 1. The number of hydrogen-bond acceptors (Lipinski definition) is 3. The van der Waals surface area contributed by atoms with Gasteiger partial charge in [0.2, 0.25) is 6.79 Å². The van der Waals surface area contributed by atoms with Crippen LogP contribution in [0.25, 0.3) is 22.4 Å². The van der Waals surface area contributed by atoms with E-state index in [9.17, 15) is 5.26 Å². The fourth-order valence-electron chi connectivity index (χ4n) is 2.71. The molecule has 110 valence electrons. The third-order valence-corrected chi connectivity index (χ3v) is 3.89. The highest BCUT2D eigenvalue weighted by Crippen LogP contribution is 2.33. The maximum Gasteiger partial charge on any atom is 0.231 e. The molecule has 0 bridgehead atoms. The molecule has 1 aliphatic heterocycles. The van der Waals surface area contributed by atoms with E-state index in [-0.39, 0.29) is 6.79 Å². The molecule has 3 nitrogen and oxygen atoms in total. The number of hydrogen-bond donors (Lipinski definition) is 0. The predicted octanol–water partition coefficient (Wildman–Crippen LogP) is 4.63. The summed E-state index contributed by atoms with van der Waals surface area (Å²) >= 11 is 0. The summed E-state index contributed by atoms with van der Waals surface area (Å²) in [4.78, 5) is 0. The average molecular weight is 299 g/mol. The minimum absolute atomic E-state index is 0.248. The van der Waals surface area contributed by atoms with Crippen LogP contribution in [0.2, 0.25) is 0 Å². The van der Waals surface area contributed by atoms with E-state index in [0.717, 1.165) is 33.4 Å². The minimum atomic E-state index is 0.248. The number of fused-ring (bicyclic) bond motifs is 2. The first-order valence-electron chi connectivity index (χ1n) is 7.34. The van der Waals surface area contributed by atoms with Gasteiger partial charge in [-0.25, -0.2) is 0 Å². The first-order valence-corrected chi connectivity index (χ1v) is 7.34. The molecule has 3 aromatic carbocycles. The smallest absolute Gasteiger partial charge is 0.231 e. The highest BCUT2D eigenvalue weighted by molar-refractivity contribution is 5.94. The van der Waals surface area contributed by atoms with Crippen LogP contribution in [0.15, 0.2) is 60.7 Å². The Kier molecular flexibility index (Phi) is 3.21. The van der Waals surface area contributed by atoms with Gasteiger partial charge in [0.1, 0.15) is 0 Å². The van der Waals surface area contributed by atoms with Crippen LogP contribution in [0.4, 0.5) is 0 Å². The van der Waals surface area contributed by atoms with Gasteiger partial charge in [0.05, 0.1) is 11.6 Å². The number of rotatable bonds is 2. The van der Waals surface area contributed by atoms with Gasteiger partial charge >= 0.3 is 0 Å². The highest BCUT2D eigenvalue weighted by Gasteiger charge is 2.13. The van der Waals surface area contributed by atoms with Crippen molar-refractivity contribution in [2.75, 3.05) is 6.79 Å². The van der Waals surface area contributed by atoms with Crippen LogP contribution in [-0.4, -0.2) is 6.79 Å². The molecule has 0 amide bonds. The van der Waals surface area contributed by atoms with E-state index in [1.54, 1.807) is 0 Å². The van der Waals surface area contributed by atoms with E-state index in [4.69, 9.17) is 9.47 Å². The van der Waals surface area contributed by atoms with Gasteiger partial charge in [-0.3, -0.25) is 0 Å². The van der Waals surface area contributed by atoms with E-state index in [1.165, 1.54) is 0 Å². The minimum Gasteiger partial charge on any atom is -0.454 e. The van der Waals surface area contributed by atoms with Crippen molar-refractivity contribution in [1.82, 2.24) is 0 Å². The van der Waals surface area contributed by atoms with Crippen LogP contribution < -0.4 is 9.47 Å². The molecule has 0 fully saturated rings. The van der Waals surface area contributed by atoms with Gasteiger partial charge in [-0.15, -0.1) is 0 Å². The van der Waals surface area contributed by atoms with Gasteiger partial charge in [-0.2, -0.15) is 5.26 Å². The van der Waals surface area contributed by atoms with Gasteiger partial charge in [-0.05, 0) is 46.2 Å². The molecule has 0 saturated carbocycles. The lowest BCUT2D eigenvalue weighted by Crippen LogP contribution is -1.92. The highest BCUT2D eigenvalue weighted by atomic mass is 16.7. The zero-order valence-electron chi connectivity index (χ0n) is 12.3. The summed E-state index contributed by atoms with van der Waals surface area (Å²) in [5.74, 6) is 1.46. The number of ether oxygens (including phenoxy) is 2. The fraction of sp³-hybridized carbons (Fsp3) is 0.0500. The Morgan fingerprint density at radius 3 is 2.61 bits per heavy atom. The van der Waals surface area contributed by atoms with Crippen molar-refractivity contribution in [3.63, 3.8) is 0 Å². The summed E-state index contributed by atoms with van der Waals surface area (Å²) in [6.45, 7) is 0.248. The quantitative estimate of drug-likeness (QED) is 0.511. The molecule has 0 N–H and O–H groups in total. The topological polar surface area (TPSA) is 42.2 Å². The van der Waals surface area contributed by atoms with Crippen molar-refractivity contribution in [2.24, 2.45) is 0 Å². The summed E-state index contributed by atoms with van der Waals surface area (Å²) in [7, 11) is 0. The Morgan fingerprint density at radius 2 is 1.74 bits per heavy atom. The second-order valence-electron chi connectivity index (χ2n) is 5.34.